The van der Waals surface area contributed by atoms with Crippen LogP contribution in [0.25, 0.3) is 0 Å². The Morgan fingerprint density at radius 1 is 1.00 bits per heavy atom. The standard InChI is InChI=1S/C20H23N3O2/c1-14(18-22-19(23-25-18)20(2,3)4)21-15-9-8-12-17(13-15)24-16-10-6-5-7-11-16/h5-14,21H,1-4H3. The van der Waals surface area contributed by atoms with Gasteiger partial charge in [0.1, 0.15) is 17.5 Å². The van der Waals surface area contributed by atoms with Crippen LogP contribution in [0.5, 0.6) is 11.5 Å². The summed E-state index contributed by atoms with van der Waals surface area (Å²) < 4.78 is 11.3. The zero-order valence-corrected chi connectivity index (χ0v) is 15.0. The number of aromatic nitrogens is 2. The molecule has 0 aliphatic rings. The first-order chi connectivity index (χ1) is 11.9. The number of rotatable bonds is 5. The molecule has 1 heterocycles. The smallest absolute Gasteiger partial charge is 0.248 e. The van der Waals surface area contributed by atoms with E-state index in [1.54, 1.807) is 0 Å². The molecule has 1 N–H and O–H groups in total. The molecular formula is C20H23N3O2. The van der Waals surface area contributed by atoms with Crippen molar-refractivity contribution in [3.63, 3.8) is 0 Å². The van der Waals surface area contributed by atoms with Crippen LogP contribution >= 0.6 is 0 Å². The largest absolute Gasteiger partial charge is 0.457 e. The third-order valence-corrected chi connectivity index (χ3v) is 3.68. The summed E-state index contributed by atoms with van der Waals surface area (Å²) in [6.45, 7) is 8.17. The SMILES string of the molecule is CC(Nc1cccc(Oc2ccccc2)c1)c1nc(C(C)(C)C)no1. The van der Waals surface area contributed by atoms with Crippen LogP contribution in [0.3, 0.4) is 0 Å². The number of nitrogens with one attached hydrogen (secondary N) is 1. The normalized spacial score (nSPS) is 12.6. The van der Waals surface area contributed by atoms with E-state index in [0.717, 1.165) is 17.2 Å². The Hall–Kier alpha value is -2.82. The summed E-state index contributed by atoms with van der Waals surface area (Å²) in [5, 5.41) is 7.45. The number of ether oxygens (including phenoxy) is 1. The monoisotopic (exact) mass is 337 g/mol. The molecule has 0 aliphatic carbocycles. The highest BCUT2D eigenvalue weighted by Crippen LogP contribution is 2.27. The van der Waals surface area contributed by atoms with Gasteiger partial charge in [0, 0.05) is 17.2 Å². The van der Waals surface area contributed by atoms with Gasteiger partial charge >= 0.3 is 0 Å². The average molecular weight is 337 g/mol. The minimum atomic E-state index is -0.134. The average Bonchev–Trinajstić information content (AvgIpc) is 3.06. The van der Waals surface area contributed by atoms with Gasteiger partial charge in [-0.15, -0.1) is 0 Å². The molecular weight excluding hydrogens is 314 g/mol. The van der Waals surface area contributed by atoms with Gasteiger partial charge in [-0.05, 0) is 31.2 Å². The quantitative estimate of drug-likeness (QED) is 0.681. The van der Waals surface area contributed by atoms with Gasteiger partial charge < -0.3 is 14.6 Å². The van der Waals surface area contributed by atoms with Gasteiger partial charge in [-0.2, -0.15) is 4.98 Å². The molecule has 25 heavy (non-hydrogen) atoms. The van der Waals surface area contributed by atoms with E-state index < -0.39 is 0 Å². The topological polar surface area (TPSA) is 60.2 Å². The Morgan fingerprint density at radius 3 is 2.40 bits per heavy atom. The highest BCUT2D eigenvalue weighted by molar-refractivity contribution is 5.50. The fraction of sp³-hybridized carbons (Fsp3) is 0.300. The van der Waals surface area contributed by atoms with Gasteiger partial charge in [0.05, 0.1) is 0 Å². The van der Waals surface area contributed by atoms with Gasteiger partial charge in [0.25, 0.3) is 0 Å². The first kappa shape index (κ1) is 17.0. The Balaban J connectivity index is 1.70. The number of para-hydroxylation sites is 1. The molecule has 0 amide bonds. The first-order valence-electron chi connectivity index (χ1n) is 8.35. The minimum Gasteiger partial charge on any atom is -0.457 e. The Labute approximate surface area is 148 Å². The maximum absolute atomic E-state index is 5.86. The van der Waals surface area contributed by atoms with E-state index in [1.165, 1.54) is 0 Å². The predicted octanol–water partition coefficient (Wildman–Crippen LogP) is 5.33. The summed E-state index contributed by atoms with van der Waals surface area (Å²) >= 11 is 0. The number of nitrogens with zero attached hydrogens (tertiary/aromatic N) is 2. The maximum Gasteiger partial charge on any atom is 0.248 e. The van der Waals surface area contributed by atoms with Crippen molar-refractivity contribution in [1.82, 2.24) is 10.1 Å². The molecule has 0 saturated carbocycles. The van der Waals surface area contributed by atoms with Crippen LogP contribution in [0.2, 0.25) is 0 Å². The van der Waals surface area contributed by atoms with Crippen molar-refractivity contribution in [1.29, 1.82) is 0 Å². The minimum absolute atomic E-state index is 0.101. The molecule has 0 radical (unpaired) electrons. The molecule has 1 unspecified atom stereocenters. The first-order valence-corrected chi connectivity index (χ1v) is 8.35. The summed E-state index contributed by atoms with van der Waals surface area (Å²) in [6, 6.07) is 17.4. The molecule has 1 aromatic heterocycles. The molecule has 130 valence electrons. The maximum atomic E-state index is 5.86. The van der Waals surface area contributed by atoms with Gasteiger partial charge in [-0.25, -0.2) is 0 Å². The van der Waals surface area contributed by atoms with Gasteiger partial charge in [0.15, 0.2) is 5.82 Å². The highest BCUT2D eigenvalue weighted by atomic mass is 16.5. The number of hydrogen-bond acceptors (Lipinski definition) is 5. The number of benzene rings is 2. The third kappa shape index (κ3) is 4.38. The van der Waals surface area contributed by atoms with Crippen molar-refractivity contribution in [2.45, 2.75) is 39.2 Å². The molecule has 3 rings (SSSR count). The van der Waals surface area contributed by atoms with Gasteiger partial charge in [0.2, 0.25) is 5.89 Å². The summed E-state index contributed by atoms with van der Waals surface area (Å²) in [5.41, 5.74) is 0.793. The fourth-order valence-corrected chi connectivity index (χ4v) is 2.30. The fourth-order valence-electron chi connectivity index (χ4n) is 2.30. The Kier molecular flexibility index (Phi) is 4.74. The lowest BCUT2D eigenvalue weighted by Crippen LogP contribution is -2.14. The van der Waals surface area contributed by atoms with Gasteiger partial charge in [-0.1, -0.05) is 50.2 Å². The number of hydrogen-bond donors (Lipinski definition) is 1. The van der Waals surface area contributed by atoms with Crippen molar-refractivity contribution >= 4 is 5.69 Å². The molecule has 0 fully saturated rings. The van der Waals surface area contributed by atoms with Crippen molar-refractivity contribution in [3.8, 4) is 11.5 Å². The highest BCUT2D eigenvalue weighted by Gasteiger charge is 2.23. The summed E-state index contributed by atoms with van der Waals surface area (Å²) in [7, 11) is 0. The van der Waals surface area contributed by atoms with Crippen LogP contribution < -0.4 is 10.1 Å². The Morgan fingerprint density at radius 2 is 1.72 bits per heavy atom. The van der Waals surface area contributed by atoms with Crippen LogP contribution in [-0.4, -0.2) is 10.1 Å². The zero-order chi connectivity index (χ0) is 17.9. The lowest BCUT2D eigenvalue weighted by molar-refractivity contribution is 0.354. The van der Waals surface area contributed by atoms with Crippen LogP contribution in [0.4, 0.5) is 5.69 Å². The molecule has 0 bridgehead atoms. The van der Waals surface area contributed by atoms with E-state index in [4.69, 9.17) is 9.26 Å². The van der Waals surface area contributed by atoms with E-state index in [9.17, 15) is 0 Å². The second kappa shape index (κ2) is 6.97. The molecule has 5 heteroatoms. The molecule has 2 aromatic carbocycles. The summed E-state index contributed by atoms with van der Waals surface area (Å²) in [5.74, 6) is 2.85. The Bertz CT molecular complexity index is 822. The van der Waals surface area contributed by atoms with E-state index in [1.807, 2.05) is 61.5 Å². The lowest BCUT2D eigenvalue weighted by Gasteiger charge is -2.13. The van der Waals surface area contributed by atoms with Crippen molar-refractivity contribution < 1.29 is 9.26 Å². The van der Waals surface area contributed by atoms with Crippen LogP contribution in [-0.2, 0) is 5.41 Å². The molecule has 1 atom stereocenters. The van der Waals surface area contributed by atoms with Crippen molar-refractivity contribution in [2.24, 2.45) is 0 Å². The number of anilines is 1. The lowest BCUT2D eigenvalue weighted by atomic mass is 9.96. The molecule has 5 nitrogen and oxygen atoms in total. The van der Waals surface area contributed by atoms with Gasteiger partial charge in [-0.3, -0.25) is 0 Å². The second-order valence-corrected chi connectivity index (χ2v) is 7.02. The van der Waals surface area contributed by atoms with Crippen molar-refractivity contribution in [3.05, 3.63) is 66.3 Å². The zero-order valence-electron chi connectivity index (χ0n) is 15.0. The summed E-state index contributed by atoms with van der Waals surface area (Å²) in [6.07, 6.45) is 0. The van der Waals surface area contributed by atoms with E-state index in [2.05, 4.69) is 36.2 Å². The van der Waals surface area contributed by atoms with E-state index >= 15 is 0 Å². The van der Waals surface area contributed by atoms with Crippen LogP contribution in [0.1, 0.15) is 45.5 Å². The van der Waals surface area contributed by atoms with Crippen LogP contribution in [0.15, 0.2) is 59.1 Å². The van der Waals surface area contributed by atoms with Crippen LogP contribution in [0, 0.1) is 0 Å². The molecule has 3 aromatic rings. The van der Waals surface area contributed by atoms with Crippen molar-refractivity contribution in [2.75, 3.05) is 5.32 Å². The molecule has 0 saturated heterocycles. The third-order valence-electron chi connectivity index (χ3n) is 3.68. The molecule has 0 aliphatic heterocycles. The van der Waals surface area contributed by atoms with E-state index in [-0.39, 0.29) is 11.5 Å². The summed E-state index contributed by atoms with van der Waals surface area (Å²) in [4.78, 5) is 4.50. The predicted molar refractivity (Wildman–Crippen MR) is 98.0 cm³/mol. The van der Waals surface area contributed by atoms with E-state index in [0.29, 0.717) is 11.7 Å². The second-order valence-electron chi connectivity index (χ2n) is 7.02. The molecule has 0 spiro atoms.